The Hall–Kier alpha value is -3.39. The van der Waals surface area contributed by atoms with Crippen LogP contribution in [0.15, 0.2) is 53.8 Å². The molecule has 0 unspecified atom stereocenters. The van der Waals surface area contributed by atoms with Crippen LogP contribution in [-0.2, 0) is 16.9 Å². The summed E-state index contributed by atoms with van der Waals surface area (Å²) in [6, 6.07) is 16.2. The van der Waals surface area contributed by atoms with E-state index in [4.69, 9.17) is 10.5 Å². The van der Waals surface area contributed by atoms with Crippen LogP contribution < -0.4 is 5.73 Å². The molecule has 1 aliphatic heterocycles. The van der Waals surface area contributed by atoms with Gasteiger partial charge in [-0.1, -0.05) is 30.3 Å². The molecule has 3 aromatic rings. The number of rotatable bonds is 6. The summed E-state index contributed by atoms with van der Waals surface area (Å²) in [5, 5.41) is 20.1. The van der Waals surface area contributed by atoms with Gasteiger partial charge in [0.25, 0.3) is 0 Å². The van der Waals surface area contributed by atoms with Crippen LogP contribution >= 0.6 is 11.8 Å². The van der Waals surface area contributed by atoms with Crippen molar-refractivity contribution >= 4 is 17.6 Å². The average molecular weight is 414 g/mol. The number of aromatic nitrogens is 2. The highest BCUT2D eigenvalue weighted by Crippen LogP contribution is 2.36. The van der Waals surface area contributed by atoms with Crippen LogP contribution in [0.3, 0.4) is 0 Å². The number of hydrogen-bond donors (Lipinski definition) is 1. The van der Waals surface area contributed by atoms with Crippen LogP contribution in [0.2, 0.25) is 0 Å². The van der Waals surface area contributed by atoms with Crippen LogP contribution in [0.25, 0.3) is 11.1 Å². The molecule has 0 spiro atoms. The molecule has 1 saturated heterocycles. The first kappa shape index (κ1) is 19.9. The van der Waals surface area contributed by atoms with Crippen LogP contribution in [0.5, 0.6) is 0 Å². The first-order chi connectivity index (χ1) is 14.7. The Balaban J connectivity index is 1.69. The number of pyridine rings is 2. The minimum absolute atomic E-state index is 0.135. The molecule has 4 rings (SSSR count). The van der Waals surface area contributed by atoms with E-state index in [0.717, 1.165) is 30.8 Å². The molecule has 30 heavy (non-hydrogen) atoms. The molecule has 2 N–H and O–H groups in total. The van der Waals surface area contributed by atoms with E-state index in [-0.39, 0.29) is 11.4 Å². The highest BCUT2D eigenvalue weighted by molar-refractivity contribution is 7.98. The Kier molecular flexibility index (Phi) is 5.94. The van der Waals surface area contributed by atoms with Crippen molar-refractivity contribution in [2.75, 3.05) is 18.9 Å². The quantitative estimate of drug-likeness (QED) is 0.609. The fourth-order valence-electron chi connectivity index (χ4n) is 3.37. The fourth-order valence-corrected chi connectivity index (χ4v) is 4.30. The van der Waals surface area contributed by atoms with E-state index >= 15 is 0 Å². The van der Waals surface area contributed by atoms with E-state index in [1.54, 1.807) is 12.4 Å². The lowest BCUT2D eigenvalue weighted by atomic mass is 9.93. The largest absolute Gasteiger partial charge is 0.383 e. The monoisotopic (exact) mass is 413 g/mol. The summed E-state index contributed by atoms with van der Waals surface area (Å²) in [6.45, 7) is 1.61. The van der Waals surface area contributed by atoms with Crippen LogP contribution in [0, 0.1) is 28.6 Å². The molecular weight excluding hydrogens is 394 g/mol. The number of anilines is 1. The van der Waals surface area contributed by atoms with Gasteiger partial charge in [-0.2, -0.15) is 10.5 Å². The Morgan fingerprint density at radius 1 is 1.07 bits per heavy atom. The summed E-state index contributed by atoms with van der Waals surface area (Å²) >= 11 is 1.41. The van der Waals surface area contributed by atoms with Crippen molar-refractivity contribution in [2.45, 2.75) is 17.2 Å². The van der Waals surface area contributed by atoms with E-state index in [2.05, 4.69) is 22.1 Å². The Morgan fingerprint density at radius 2 is 1.83 bits per heavy atom. The van der Waals surface area contributed by atoms with Gasteiger partial charge in [-0.15, -0.1) is 11.8 Å². The number of thioether (sulfide) groups is 1. The van der Waals surface area contributed by atoms with Gasteiger partial charge in [0.15, 0.2) is 0 Å². The molecule has 0 atom stereocenters. The molecule has 0 radical (unpaired) electrons. The minimum atomic E-state index is 0.135. The minimum Gasteiger partial charge on any atom is -0.383 e. The summed E-state index contributed by atoms with van der Waals surface area (Å²) in [4.78, 5) is 8.47. The average Bonchev–Trinajstić information content (AvgIpc) is 2.75. The van der Waals surface area contributed by atoms with Gasteiger partial charge in [-0.05, 0) is 29.2 Å². The second kappa shape index (κ2) is 8.96. The molecule has 3 heterocycles. The number of ether oxygens (including phenoxy) is 1. The van der Waals surface area contributed by atoms with E-state index in [9.17, 15) is 10.5 Å². The van der Waals surface area contributed by atoms with Gasteiger partial charge in [0.2, 0.25) is 0 Å². The first-order valence-corrected chi connectivity index (χ1v) is 10.5. The normalized spacial score (nSPS) is 13.3. The Morgan fingerprint density at radius 3 is 2.43 bits per heavy atom. The number of nitrogens with two attached hydrogens (primary N) is 1. The zero-order chi connectivity index (χ0) is 20.9. The van der Waals surface area contributed by atoms with Crippen molar-refractivity contribution in [3.63, 3.8) is 0 Å². The molecule has 0 saturated carbocycles. The van der Waals surface area contributed by atoms with Crippen LogP contribution in [0.1, 0.15) is 22.3 Å². The summed E-state index contributed by atoms with van der Waals surface area (Å²) in [5.74, 6) is 1.30. The Labute approximate surface area is 179 Å². The van der Waals surface area contributed by atoms with E-state index in [1.165, 1.54) is 17.3 Å². The summed E-state index contributed by atoms with van der Waals surface area (Å²) in [5.41, 5.74) is 10.3. The third kappa shape index (κ3) is 4.13. The lowest BCUT2D eigenvalue weighted by molar-refractivity contribution is -0.0312. The fraction of sp³-hybridized carbons (Fsp3) is 0.217. The number of nitrogens with zero attached hydrogens (tertiary/aromatic N) is 4. The molecule has 2 aromatic heterocycles. The third-order valence-electron chi connectivity index (χ3n) is 4.99. The van der Waals surface area contributed by atoms with Crippen molar-refractivity contribution in [3.05, 3.63) is 71.0 Å². The molecule has 1 fully saturated rings. The van der Waals surface area contributed by atoms with Gasteiger partial charge in [-0.25, -0.2) is 4.98 Å². The number of nitriles is 2. The number of hydrogen-bond acceptors (Lipinski definition) is 7. The SMILES string of the molecule is N#Cc1c(N)nc(SCc2cccnc2)c(C#N)c1-c1ccc(CC2COC2)cc1. The molecule has 0 aliphatic carbocycles. The number of benzene rings is 1. The van der Waals surface area contributed by atoms with Gasteiger partial charge in [0, 0.05) is 29.6 Å². The van der Waals surface area contributed by atoms with Crippen molar-refractivity contribution in [2.24, 2.45) is 5.92 Å². The van der Waals surface area contributed by atoms with Crippen molar-refractivity contribution in [3.8, 4) is 23.3 Å². The summed E-state index contributed by atoms with van der Waals surface area (Å²) in [6.07, 6.45) is 4.45. The highest BCUT2D eigenvalue weighted by atomic mass is 32.2. The maximum atomic E-state index is 9.90. The van der Waals surface area contributed by atoms with E-state index in [1.807, 2.05) is 36.4 Å². The second-order valence-corrected chi connectivity index (χ2v) is 8.07. The standard InChI is InChI=1S/C23H19N5OS/c24-9-19-21(18-5-3-15(4-6-18)8-17-12-29-13-17)20(10-25)23(28-22(19)26)30-14-16-2-1-7-27-11-16/h1-7,11,17H,8,12-14H2,(H2,26,28). The topological polar surface area (TPSA) is 109 Å². The molecule has 7 heteroatoms. The highest BCUT2D eigenvalue weighted by Gasteiger charge is 2.22. The van der Waals surface area contributed by atoms with Gasteiger partial charge < -0.3 is 10.5 Å². The number of nitrogen functional groups attached to an aromatic ring is 1. The second-order valence-electron chi connectivity index (χ2n) is 7.11. The van der Waals surface area contributed by atoms with Crippen LogP contribution in [-0.4, -0.2) is 23.2 Å². The molecule has 6 nitrogen and oxygen atoms in total. The molecule has 1 aliphatic rings. The van der Waals surface area contributed by atoms with Gasteiger partial charge in [-0.3, -0.25) is 4.98 Å². The first-order valence-electron chi connectivity index (χ1n) is 9.52. The van der Waals surface area contributed by atoms with Crippen molar-refractivity contribution < 1.29 is 4.74 Å². The summed E-state index contributed by atoms with van der Waals surface area (Å²) < 4.78 is 5.24. The van der Waals surface area contributed by atoms with Gasteiger partial charge in [0.05, 0.1) is 18.8 Å². The molecule has 148 valence electrons. The Bertz CT molecular complexity index is 1130. The van der Waals surface area contributed by atoms with E-state index in [0.29, 0.717) is 27.8 Å². The molecule has 1 aromatic carbocycles. The maximum Gasteiger partial charge on any atom is 0.143 e. The van der Waals surface area contributed by atoms with Crippen molar-refractivity contribution in [1.29, 1.82) is 10.5 Å². The summed E-state index contributed by atoms with van der Waals surface area (Å²) in [7, 11) is 0. The maximum absolute atomic E-state index is 9.90. The third-order valence-corrected chi connectivity index (χ3v) is 6.03. The van der Waals surface area contributed by atoms with E-state index < -0.39 is 0 Å². The van der Waals surface area contributed by atoms with Crippen LogP contribution in [0.4, 0.5) is 5.82 Å². The predicted octanol–water partition coefficient (Wildman–Crippen LogP) is 3.95. The zero-order valence-corrected chi connectivity index (χ0v) is 17.0. The predicted molar refractivity (Wildman–Crippen MR) is 115 cm³/mol. The molecule has 0 amide bonds. The lowest BCUT2D eigenvalue weighted by Gasteiger charge is -2.25. The van der Waals surface area contributed by atoms with Gasteiger partial charge in [0.1, 0.15) is 28.5 Å². The lowest BCUT2D eigenvalue weighted by Crippen LogP contribution is -2.29. The zero-order valence-electron chi connectivity index (χ0n) is 16.2. The molecular formula is C23H19N5OS. The smallest absolute Gasteiger partial charge is 0.143 e. The molecule has 0 bridgehead atoms. The van der Waals surface area contributed by atoms with Crippen molar-refractivity contribution in [1.82, 2.24) is 9.97 Å². The van der Waals surface area contributed by atoms with Gasteiger partial charge >= 0.3 is 0 Å².